The van der Waals surface area contributed by atoms with Crippen LogP contribution in [0.5, 0.6) is 0 Å². The molecule has 2 atom stereocenters. The first-order valence-electron chi connectivity index (χ1n) is 7.87. The second-order valence-electron chi connectivity index (χ2n) is 6.55. The first kappa shape index (κ1) is 15.2. The Morgan fingerprint density at radius 3 is 2.50 bits per heavy atom. The van der Waals surface area contributed by atoms with Crippen molar-refractivity contribution in [2.24, 2.45) is 11.8 Å². The van der Waals surface area contributed by atoms with Crippen LogP contribution in [0.4, 0.5) is 0 Å². The molecule has 0 N–H and O–H groups in total. The number of nitrogens with zero attached hydrogens (tertiary/aromatic N) is 1. The maximum Gasteiger partial charge on any atom is 0.163 e. The zero-order valence-electron chi connectivity index (χ0n) is 13.1. The third kappa shape index (κ3) is 4.17. The average Bonchev–Trinajstić information content (AvgIpc) is 2.38. The van der Waals surface area contributed by atoms with E-state index in [1.54, 1.807) is 0 Å². The van der Waals surface area contributed by atoms with E-state index in [2.05, 4.69) is 18.7 Å². The molecule has 1 heterocycles. The van der Waals surface area contributed by atoms with Crippen molar-refractivity contribution in [1.82, 2.24) is 4.90 Å². The van der Waals surface area contributed by atoms with Gasteiger partial charge in [-0.05, 0) is 43.7 Å². The minimum absolute atomic E-state index is 0.293. The van der Waals surface area contributed by atoms with Gasteiger partial charge in [-0.2, -0.15) is 0 Å². The molecule has 2 heteroatoms. The fraction of sp³-hybridized carbons (Fsp3) is 0.611. The van der Waals surface area contributed by atoms with Gasteiger partial charge in [0.1, 0.15) is 0 Å². The number of hydrogen-bond donors (Lipinski definition) is 0. The Labute approximate surface area is 123 Å². The maximum atomic E-state index is 12.2. The van der Waals surface area contributed by atoms with Gasteiger partial charge in [-0.3, -0.25) is 4.79 Å². The van der Waals surface area contributed by atoms with Gasteiger partial charge in [0.15, 0.2) is 5.78 Å². The highest BCUT2D eigenvalue weighted by atomic mass is 16.1. The fourth-order valence-electron chi connectivity index (χ4n) is 3.46. The van der Waals surface area contributed by atoms with Gasteiger partial charge in [0, 0.05) is 25.1 Å². The molecule has 0 amide bonds. The van der Waals surface area contributed by atoms with Gasteiger partial charge in [-0.15, -0.1) is 0 Å². The van der Waals surface area contributed by atoms with E-state index in [9.17, 15) is 4.79 Å². The smallest absolute Gasteiger partial charge is 0.163 e. The van der Waals surface area contributed by atoms with Gasteiger partial charge in [0.05, 0.1) is 0 Å². The highest BCUT2D eigenvalue weighted by Crippen LogP contribution is 2.21. The Morgan fingerprint density at radius 2 is 1.85 bits per heavy atom. The second kappa shape index (κ2) is 7.03. The average molecular weight is 273 g/mol. The van der Waals surface area contributed by atoms with Gasteiger partial charge < -0.3 is 4.90 Å². The first-order valence-corrected chi connectivity index (χ1v) is 7.87. The van der Waals surface area contributed by atoms with Gasteiger partial charge in [0.25, 0.3) is 0 Å². The number of Topliss-reactive ketones (excluding diaryl/α,β-unsaturated/α-hetero) is 1. The van der Waals surface area contributed by atoms with E-state index < -0.39 is 0 Å². The summed E-state index contributed by atoms with van der Waals surface area (Å²) in [5.41, 5.74) is 1.99. The Balaban J connectivity index is 1.78. The molecule has 1 fully saturated rings. The van der Waals surface area contributed by atoms with E-state index in [4.69, 9.17) is 0 Å². The van der Waals surface area contributed by atoms with Crippen molar-refractivity contribution in [3.05, 3.63) is 35.4 Å². The lowest BCUT2D eigenvalue weighted by atomic mass is 9.91. The molecule has 1 aromatic rings. The van der Waals surface area contributed by atoms with Crippen LogP contribution in [-0.2, 0) is 0 Å². The van der Waals surface area contributed by atoms with Crippen molar-refractivity contribution in [2.45, 2.75) is 40.0 Å². The van der Waals surface area contributed by atoms with E-state index in [1.165, 1.54) is 19.5 Å². The summed E-state index contributed by atoms with van der Waals surface area (Å²) in [7, 11) is 0. The molecule has 2 unspecified atom stereocenters. The molecule has 1 aliphatic heterocycles. The quantitative estimate of drug-likeness (QED) is 0.757. The summed E-state index contributed by atoms with van der Waals surface area (Å²) in [6.45, 7) is 10.1. The topological polar surface area (TPSA) is 20.3 Å². The van der Waals surface area contributed by atoms with Gasteiger partial charge in [-0.1, -0.05) is 38.1 Å². The lowest BCUT2D eigenvalue weighted by Crippen LogP contribution is -2.39. The third-order valence-corrected chi connectivity index (χ3v) is 4.27. The lowest BCUT2D eigenvalue weighted by Gasteiger charge is -2.34. The molecule has 0 aliphatic carbocycles. The first-order chi connectivity index (χ1) is 9.56. The van der Waals surface area contributed by atoms with E-state index in [0.717, 1.165) is 35.9 Å². The van der Waals surface area contributed by atoms with Crippen LogP contribution in [0.2, 0.25) is 0 Å². The molecular formula is C18H27NO. The number of carbonyl (C=O) groups is 1. The maximum absolute atomic E-state index is 12.2. The molecule has 1 aliphatic rings. The number of carbonyl (C=O) groups excluding carboxylic acids is 1. The summed E-state index contributed by atoms with van der Waals surface area (Å²) in [5.74, 6) is 1.89. The third-order valence-electron chi connectivity index (χ3n) is 4.27. The molecular weight excluding hydrogens is 246 g/mol. The molecule has 1 aromatic carbocycles. The summed E-state index contributed by atoms with van der Waals surface area (Å²) >= 11 is 0. The Morgan fingerprint density at radius 1 is 1.20 bits per heavy atom. The predicted molar refractivity (Wildman–Crippen MR) is 84.1 cm³/mol. The molecule has 0 aromatic heterocycles. The van der Waals surface area contributed by atoms with Crippen LogP contribution in [0.25, 0.3) is 0 Å². The van der Waals surface area contributed by atoms with E-state index >= 15 is 0 Å². The van der Waals surface area contributed by atoms with Crippen molar-refractivity contribution in [3.8, 4) is 0 Å². The number of hydrogen-bond acceptors (Lipinski definition) is 2. The van der Waals surface area contributed by atoms with Crippen LogP contribution in [0.1, 0.15) is 49.0 Å². The zero-order valence-corrected chi connectivity index (χ0v) is 13.1. The number of piperidine rings is 1. The second-order valence-corrected chi connectivity index (χ2v) is 6.55. The van der Waals surface area contributed by atoms with Gasteiger partial charge >= 0.3 is 0 Å². The molecule has 1 saturated heterocycles. The molecule has 2 nitrogen and oxygen atoms in total. The largest absolute Gasteiger partial charge is 0.303 e. The highest BCUT2D eigenvalue weighted by Gasteiger charge is 2.21. The number of benzene rings is 1. The number of aryl methyl sites for hydroxylation is 1. The minimum atomic E-state index is 0.293. The molecule has 20 heavy (non-hydrogen) atoms. The molecule has 0 bridgehead atoms. The van der Waals surface area contributed by atoms with Crippen molar-refractivity contribution in [3.63, 3.8) is 0 Å². The Kier molecular flexibility index (Phi) is 5.36. The van der Waals surface area contributed by atoms with E-state index in [0.29, 0.717) is 12.2 Å². The Hall–Kier alpha value is -1.15. The predicted octanol–water partition coefficient (Wildman–Crippen LogP) is 3.94. The van der Waals surface area contributed by atoms with Gasteiger partial charge in [0.2, 0.25) is 0 Å². The molecule has 2 rings (SSSR count). The monoisotopic (exact) mass is 273 g/mol. The molecule has 0 saturated carbocycles. The standard InChI is InChI=1S/C18H27NO/c1-14-11-15(2)13-19(12-14)10-6-9-18(20)17-8-5-4-7-16(17)3/h4-5,7-8,14-15H,6,9-13H2,1-3H3. The summed E-state index contributed by atoms with van der Waals surface area (Å²) in [5, 5.41) is 0. The lowest BCUT2D eigenvalue weighted by molar-refractivity contribution is 0.0962. The molecule has 0 spiro atoms. The Bertz CT molecular complexity index is 444. The normalized spacial score (nSPS) is 23.8. The highest BCUT2D eigenvalue weighted by molar-refractivity contribution is 5.97. The summed E-state index contributed by atoms with van der Waals surface area (Å²) < 4.78 is 0. The van der Waals surface area contributed by atoms with Crippen LogP contribution >= 0.6 is 0 Å². The number of likely N-dealkylation sites (tertiary alicyclic amines) is 1. The number of ketones is 1. The van der Waals surface area contributed by atoms with Crippen molar-refractivity contribution in [1.29, 1.82) is 0 Å². The van der Waals surface area contributed by atoms with Crippen LogP contribution < -0.4 is 0 Å². The van der Waals surface area contributed by atoms with Crippen LogP contribution in [0.15, 0.2) is 24.3 Å². The number of rotatable bonds is 5. The minimum Gasteiger partial charge on any atom is -0.303 e. The summed E-state index contributed by atoms with van der Waals surface area (Å²) in [6, 6.07) is 7.90. The van der Waals surface area contributed by atoms with Crippen LogP contribution in [0, 0.1) is 18.8 Å². The van der Waals surface area contributed by atoms with Crippen molar-refractivity contribution in [2.75, 3.05) is 19.6 Å². The summed E-state index contributed by atoms with van der Waals surface area (Å²) in [4.78, 5) is 14.7. The SMILES string of the molecule is Cc1ccccc1C(=O)CCCN1CC(C)CC(C)C1. The molecule has 110 valence electrons. The van der Waals surface area contributed by atoms with Crippen LogP contribution in [-0.4, -0.2) is 30.3 Å². The van der Waals surface area contributed by atoms with E-state index in [-0.39, 0.29) is 0 Å². The van der Waals surface area contributed by atoms with Crippen molar-refractivity contribution >= 4 is 5.78 Å². The fourth-order valence-corrected chi connectivity index (χ4v) is 3.46. The molecule has 0 radical (unpaired) electrons. The van der Waals surface area contributed by atoms with E-state index in [1.807, 2.05) is 31.2 Å². The summed E-state index contributed by atoms with van der Waals surface area (Å²) in [6.07, 6.45) is 3.00. The van der Waals surface area contributed by atoms with Gasteiger partial charge in [-0.25, -0.2) is 0 Å². The zero-order chi connectivity index (χ0) is 14.5. The van der Waals surface area contributed by atoms with Crippen molar-refractivity contribution < 1.29 is 4.79 Å². The van der Waals surface area contributed by atoms with Crippen LogP contribution in [0.3, 0.4) is 0 Å².